The van der Waals surface area contributed by atoms with Crippen molar-refractivity contribution in [1.29, 1.82) is 0 Å². The molecule has 34 heteroatoms. The van der Waals surface area contributed by atoms with Gasteiger partial charge in [0.25, 0.3) is 0 Å². The fraction of sp³-hybridized carbons (Fsp3) is 0.771. The maximum absolute atomic E-state index is 13.9. The van der Waals surface area contributed by atoms with Crippen molar-refractivity contribution in [2.75, 3.05) is 91.1 Å². The van der Waals surface area contributed by atoms with Crippen molar-refractivity contribution in [3.8, 4) is 0 Å². The van der Waals surface area contributed by atoms with Gasteiger partial charge in [-0.25, -0.2) is 28.8 Å². The number of methoxy groups -OCH3 is 1. The summed E-state index contributed by atoms with van der Waals surface area (Å²) in [6.07, 6.45) is -1.12. The highest BCUT2D eigenvalue weighted by molar-refractivity contribution is 8.76. The highest BCUT2D eigenvalue weighted by Crippen LogP contribution is 2.25. The van der Waals surface area contributed by atoms with Gasteiger partial charge in [-0.05, 0) is 126 Å². The van der Waals surface area contributed by atoms with Crippen LogP contribution >= 0.6 is 21.6 Å². The first-order valence-electron chi connectivity index (χ1n) is 35.4. The van der Waals surface area contributed by atoms with Crippen molar-refractivity contribution >= 4 is 93.5 Å². The summed E-state index contributed by atoms with van der Waals surface area (Å²) < 4.78 is 45.6. The Morgan fingerprint density at radius 2 is 0.663 bits per heavy atom. The molecule has 0 spiro atoms. The molecule has 0 aromatic rings. The van der Waals surface area contributed by atoms with Gasteiger partial charge >= 0.3 is 54.3 Å². The largest absolute Gasteiger partial charge is 0.467 e. The Morgan fingerprint density at radius 1 is 0.365 bits per heavy atom. The van der Waals surface area contributed by atoms with Gasteiger partial charge in [-0.3, -0.25) is 28.8 Å². The van der Waals surface area contributed by atoms with E-state index in [-0.39, 0.29) is 135 Å². The standard InChI is InChI=1S/C60H105N7O25S2.3C2H6.2C2H4/c1-11-45(68)43(64-49(72)41(66-56(79)92-38-37-90-54(77)63-30-27-60(8,9)83)19-13-12-14-21-46(69)85-31-35-89-53(76)62-29-26-59(6,7)82)39-93-94-40-44(51(74)84-10)65-50(73)42(67-55(78)91-36-33-87-48(71)23-18-25-58(4,5)81)20-15-16-28-61-52(75)88-34-32-86-47(70)22-17-24-57(2,3)80;5*1-2/h41-44,80-83H,11-40H2,1-10H3,(H,61,75)(H,62,76)(H,63,77)(H,64,72)(H,65,73)(H,66,79)(H,67,78);3*1-2H3;2*1-2H2. The lowest BCUT2D eigenvalue weighted by Crippen LogP contribution is -2.53. The number of ether oxygens (including phenoxy) is 9. The summed E-state index contributed by atoms with van der Waals surface area (Å²) in [6.45, 7) is 36.3. The van der Waals surface area contributed by atoms with E-state index in [0.29, 0.717) is 44.9 Å². The Labute approximate surface area is 625 Å². The first-order chi connectivity index (χ1) is 49.0. The Kier molecular flexibility index (Phi) is 70.2. The summed E-state index contributed by atoms with van der Waals surface area (Å²) in [7, 11) is 3.15. The third kappa shape index (κ3) is 71.8. The van der Waals surface area contributed by atoms with Gasteiger partial charge < -0.3 is 100 Å². The zero-order valence-electron chi connectivity index (χ0n) is 65.0. The normalized spacial score (nSPS) is 11.8. The molecule has 0 saturated heterocycles. The molecule has 0 aliphatic rings. The van der Waals surface area contributed by atoms with Crippen LogP contribution in [0.5, 0.6) is 0 Å². The first kappa shape index (κ1) is 108. The molecule has 0 fully saturated rings. The van der Waals surface area contributed by atoms with E-state index >= 15 is 0 Å². The predicted octanol–water partition coefficient (Wildman–Crippen LogP) is 8.50. The van der Waals surface area contributed by atoms with Crippen LogP contribution in [-0.4, -0.2) is 230 Å². The molecule has 4 unspecified atom stereocenters. The minimum absolute atomic E-state index is 0.00319. The summed E-state index contributed by atoms with van der Waals surface area (Å²) >= 11 is 0. The van der Waals surface area contributed by atoms with Crippen LogP contribution in [-0.2, 0) is 76.2 Å². The quantitative estimate of drug-likeness (QED) is 0.00893. The molecule has 4 atom stereocenters. The van der Waals surface area contributed by atoms with Crippen LogP contribution in [0, 0.1) is 0 Å². The number of aliphatic hydroxyl groups is 4. The van der Waals surface area contributed by atoms with Crippen molar-refractivity contribution in [2.24, 2.45) is 0 Å². The number of Topliss-reactive ketones (excluding diaryl/α,β-unsaturated/α-hetero) is 1. The van der Waals surface area contributed by atoms with E-state index in [2.05, 4.69) is 63.5 Å². The van der Waals surface area contributed by atoms with E-state index in [1.165, 1.54) is 0 Å². The van der Waals surface area contributed by atoms with Gasteiger partial charge in [0, 0.05) is 56.8 Å². The van der Waals surface area contributed by atoms with Gasteiger partial charge in [0.15, 0.2) is 5.78 Å². The third-order valence-electron chi connectivity index (χ3n) is 12.8. The molecular weight excluding hydrogens is 1400 g/mol. The van der Waals surface area contributed by atoms with E-state index in [9.17, 15) is 78.0 Å². The second-order valence-electron chi connectivity index (χ2n) is 24.1. The minimum Gasteiger partial charge on any atom is -0.467 e. The lowest BCUT2D eigenvalue weighted by Gasteiger charge is -2.23. The van der Waals surface area contributed by atoms with Gasteiger partial charge in [-0.1, -0.05) is 82.9 Å². The average Bonchev–Trinajstić information content (AvgIpc) is 0.889. The number of esters is 4. The number of alkyl carbamates (subject to hydrolysis) is 5. The summed E-state index contributed by atoms with van der Waals surface area (Å²) in [5, 5.41) is 56.9. The molecule has 608 valence electrons. The zero-order valence-corrected chi connectivity index (χ0v) is 66.7. The van der Waals surface area contributed by atoms with Crippen LogP contribution in [0.15, 0.2) is 26.3 Å². The van der Waals surface area contributed by atoms with E-state index in [1.54, 1.807) is 62.3 Å². The molecule has 0 aliphatic heterocycles. The molecule has 0 saturated carbocycles. The summed E-state index contributed by atoms with van der Waals surface area (Å²) in [6, 6.07) is -5.11. The second-order valence-corrected chi connectivity index (χ2v) is 26.7. The average molecular weight is 1530 g/mol. The third-order valence-corrected chi connectivity index (χ3v) is 15.2. The molecule has 0 radical (unpaired) electrons. The fourth-order valence-corrected chi connectivity index (χ4v) is 10.0. The number of hydrogen-bond donors (Lipinski definition) is 11. The van der Waals surface area contributed by atoms with Crippen LogP contribution in [0.3, 0.4) is 0 Å². The van der Waals surface area contributed by atoms with Crippen LogP contribution in [0.2, 0.25) is 0 Å². The minimum atomic E-state index is -1.34. The lowest BCUT2D eigenvalue weighted by molar-refractivity contribution is -0.145. The van der Waals surface area contributed by atoms with Gasteiger partial charge in [0.2, 0.25) is 11.8 Å². The van der Waals surface area contributed by atoms with E-state index in [4.69, 9.17) is 42.6 Å². The molecule has 0 bridgehead atoms. The maximum Gasteiger partial charge on any atom is 0.407 e. The maximum atomic E-state index is 13.9. The van der Waals surface area contributed by atoms with Crippen LogP contribution in [0.25, 0.3) is 0 Å². The number of amides is 7. The van der Waals surface area contributed by atoms with Gasteiger partial charge in [0.05, 0.1) is 35.6 Å². The summed E-state index contributed by atoms with van der Waals surface area (Å²) in [5.74, 6) is -4.84. The summed E-state index contributed by atoms with van der Waals surface area (Å²) in [5.41, 5.74) is -3.92. The van der Waals surface area contributed by atoms with Crippen molar-refractivity contribution < 1.29 is 121 Å². The molecule has 0 aliphatic carbocycles. The number of rotatable bonds is 51. The van der Waals surface area contributed by atoms with Crippen molar-refractivity contribution in [2.45, 2.75) is 260 Å². The molecular formula is C70H131N7O25S2. The highest BCUT2D eigenvalue weighted by atomic mass is 33.1. The SMILES string of the molecule is C=C.C=C.CC.CC.CC.CCC(=O)C(CSSCC(NC(=O)C(CCCCNC(=O)OCCOC(=O)CCCC(C)(C)O)NC(=O)OCCOC(=O)CCCC(C)(C)O)C(=O)OC)NC(=O)C(CCCCCC(=O)OCCOC(=O)NCCC(C)(C)O)NC(=O)OCCOC(=O)NCCC(C)(C)O. The first-order valence-corrected chi connectivity index (χ1v) is 37.9. The van der Waals surface area contributed by atoms with Crippen molar-refractivity contribution in [3.05, 3.63) is 26.3 Å². The summed E-state index contributed by atoms with van der Waals surface area (Å²) in [4.78, 5) is 153. The van der Waals surface area contributed by atoms with Crippen LogP contribution < -0.4 is 37.2 Å². The predicted molar refractivity (Wildman–Crippen MR) is 399 cm³/mol. The lowest BCUT2D eigenvalue weighted by atomic mass is 10.0. The smallest absolute Gasteiger partial charge is 0.407 e. The molecule has 0 aromatic carbocycles. The Bertz CT molecular complexity index is 2190. The molecule has 11 N–H and O–H groups in total. The molecule has 0 rings (SSSR count). The molecule has 104 heavy (non-hydrogen) atoms. The number of nitrogens with one attached hydrogen (secondary N) is 7. The number of ketones is 1. The van der Waals surface area contributed by atoms with Crippen LogP contribution in [0.1, 0.15) is 213 Å². The van der Waals surface area contributed by atoms with E-state index in [1.807, 2.05) is 41.5 Å². The Hall–Kier alpha value is -7.14. The Balaban J connectivity index is -0.00000229. The van der Waals surface area contributed by atoms with Crippen molar-refractivity contribution in [3.63, 3.8) is 0 Å². The fourth-order valence-electron chi connectivity index (χ4n) is 7.69. The Morgan fingerprint density at radius 3 is 1.00 bits per heavy atom. The van der Waals surface area contributed by atoms with Crippen LogP contribution in [0.4, 0.5) is 24.0 Å². The topological polar surface area (TPSA) is 453 Å². The number of carbonyl (C=O) groups is 12. The number of carbonyl (C=O) groups excluding carboxylic acids is 12. The van der Waals surface area contributed by atoms with Gasteiger partial charge in [-0.15, -0.1) is 26.3 Å². The second kappa shape index (κ2) is 67.7. The molecule has 32 nitrogen and oxygen atoms in total. The molecule has 7 amide bonds. The molecule has 0 aromatic heterocycles. The number of hydrogen-bond acceptors (Lipinski definition) is 27. The monoisotopic (exact) mass is 1530 g/mol. The number of unbranched alkanes of at least 4 members (excludes halogenated alkanes) is 3. The van der Waals surface area contributed by atoms with Gasteiger partial charge in [-0.2, -0.15) is 0 Å². The highest BCUT2D eigenvalue weighted by Gasteiger charge is 2.31. The van der Waals surface area contributed by atoms with Gasteiger partial charge in [0.1, 0.15) is 71.0 Å². The zero-order chi connectivity index (χ0) is 81.2. The van der Waals surface area contributed by atoms with E-state index in [0.717, 1.165) is 28.7 Å². The molecule has 0 heterocycles. The van der Waals surface area contributed by atoms with E-state index < -0.39 is 132 Å². The van der Waals surface area contributed by atoms with Crippen molar-refractivity contribution in [1.82, 2.24) is 37.2 Å².